The summed E-state index contributed by atoms with van der Waals surface area (Å²) < 4.78 is 0. The van der Waals surface area contributed by atoms with Crippen molar-refractivity contribution < 1.29 is 0 Å². The van der Waals surface area contributed by atoms with Gasteiger partial charge >= 0.3 is 0 Å². The van der Waals surface area contributed by atoms with E-state index < -0.39 is 0 Å². The molecule has 0 saturated carbocycles. The van der Waals surface area contributed by atoms with Crippen molar-refractivity contribution in [2.75, 3.05) is 0 Å². The Kier molecular flexibility index (Phi) is 3.96. The van der Waals surface area contributed by atoms with Crippen molar-refractivity contribution in [3.63, 3.8) is 0 Å². The van der Waals surface area contributed by atoms with Gasteiger partial charge < -0.3 is 5.73 Å². The molecule has 2 heteroatoms. The van der Waals surface area contributed by atoms with Gasteiger partial charge in [0.05, 0.1) is 0 Å². The number of hydrogen-bond acceptors (Lipinski definition) is 2. The molecule has 1 rings (SSSR count). The fraction of sp³-hybridized carbons (Fsp3) is 0.692. The Morgan fingerprint density at radius 1 is 1.40 bits per heavy atom. The molecule has 0 aliphatic heterocycles. The van der Waals surface area contributed by atoms with E-state index in [1.165, 1.54) is 10.4 Å². The van der Waals surface area contributed by atoms with Crippen molar-refractivity contribution in [3.8, 4) is 0 Å². The Morgan fingerprint density at radius 2 is 2.00 bits per heavy atom. The average molecular weight is 225 g/mol. The molecular weight excluding hydrogens is 202 g/mol. The molecule has 15 heavy (non-hydrogen) atoms. The molecule has 2 unspecified atom stereocenters. The first-order valence-corrected chi connectivity index (χ1v) is 6.50. The molecule has 0 fully saturated rings. The van der Waals surface area contributed by atoms with E-state index in [9.17, 15) is 0 Å². The highest BCUT2D eigenvalue weighted by Gasteiger charge is 2.23. The van der Waals surface area contributed by atoms with Gasteiger partial charge in [-0.25, -0.2) is 0 Å². The van der Waals surface area contributed by atoms with Crippen LogP contribution in [0.3, 0.4) is 0 Å². The summed E-state index contributed by atoms with van der Waals surface area (Å²) in [7, 11) is 0. The van der Waals surface area contributed by atoms with Crippen LogP contribution >= 0.6 is 11.3 Å². The highest BCUT2D eigenvalue weighted by Crippen LogP contribution is 2.34. The van der Waals surface area contributed by atoms with Crippen molar-refractivity contribution in [2.24, 2.45) is 17.1 Å². The lowest BCUT2D eigenvalue weighted by atomic mass is 9.78. The van der Waals surface area contributed by atoms with Crippen molar-refractivity contribution in [3.05, 3.63) is 21.9 Å². The van der Waals surface area contributed by atoms with E-state index in [1.54, 1.807) is 11.3 Å². The Balaban J connectivity index is 2.64. The zero-order valence-corrected chi connectivity index (χ0v) is 11.3. The zero-order chi connectivity index (χ0) is 11.6. The summed E-state index contributed by atoms with van der Waals surface area (Å²) in [4.78, 5) is 1.35. The number of nitrogens with two attached hydrogens (primary N) is 1. The van der Waals surface area contributed by atoms with Gasteiger partial charge in [-0.05, 0) is 41.7 Å². The molecule has 2 atom stereocenters. The Hall–Kier alpha value is -0.340. The molecule has 0 aliphatic carbocycles. The Morgan fingerprint density at radius 3 is 2.40 bits per heavy atom. The fourth-order valence-electron chi connectivity index (χ4n) is 1.61. The summed E-state index contributed by atoms with van der Waals surface area (Å²) in [5.74, 6) is 0.647. The molecule has 0 bridgehead atoms. The third-order valence-electron chi connectivity index (χ3n) is 3.32. The second-order valence-electron chi connectivity index (χ2n) is 5.58. The molecule has 0 aliphatic rings. The van der Waals surface area contributed by atoms with E-state index in [-0.39, 0.29) is 6.04 Å². The van der Waals surface area contributed by atoms with Crippen LogP contribution in [0, 0.1) is 18.3 Å². The molecule has 2 N–H and O–H groups in total. The first-order valence-electron chi connectivity index (χ1n) is 5.62. The van der Waals surface area contributed by atoms with Crippen LogP contribution in [0.2, 0.25) is 0 Å². The molecule has 1 aromatic rings. The maximum atomic E-state index is 6.25. The maximum absolute atomic E-state index is 6.25. The lowest BCUT2D eigenvalue weighted by molar-refractivity contribution is 0.234. The van der Waals surface area contributed by atoms with Crippen molar-refractivity contribution in [2.45, 2.75) is 47.1 Å². The van der Waals surface area contributed by atoms with Crippen LogP contribution in [0.25, 0.3) is 0 Å². The van der Waals surface area contributed by atoms with E-state index >= 15 is 0 Å². The van der Waals surface area contributed by atoms with E-state index in [0.717, 1.165) is 6.42 Å². The Labute approximate surface area is 97.7 Å². The summed E-state index contributed by atoms with van der Waals surface area (Å²) in [6.07, 6.45) is 1.07. The van der Waals surface area contributed by atoms with Gasteiger partial charge in [0, 0.05) is 10.9 Å². The lowest BCUT2D eigenvalue weighted by Gasteiger charge is -2.29. The second-order valence-corrected chi connectivity index (χ2v) is 6.52. The lowest BCUT2D eigenvalue weighted by Crippen LogP contribution is -2.23. The van der Waals surface area contributed by atoms with Crippen LogP contribution in [0.4, 0.5) is 0 Å². The van der Waals surface area contributed by atoms with Gasteiger partial charge in [0.15, 0.2) is 0 Å². The molecule has 0 spiro atoms. The van der Waals surface area contributed by atoms with Crippen LogP contribution in [0.15, 0.2) is 11.4 Å². The Bertz CT molecular complexity index is 309. The highest BCUT2D eigenvalue weighted by molar-refractivity contribution is 7.10. The van der Waals surface area contributed by atoms with Gasteiger partial charge in [0.25, 0.3) is 0 Å². The fourth-order valence-corrected chi connectivity index (χ4v) is 2.55. The van der Waals surface area contributed by atoms with Crippen molar-refractivity contribution in [1.29, 1.82) is 0 Å². The molecule has 0 amide bonds. The molecule has 1 aromatic heterocycles. The topological polar surface area (TPSA) is 26.0 Å². The van der Waals surface area contributed by atoms with Crippen LogP contribution in [-0.4, -0.2) is 0 Å². The van der Waals surface area contributed by atoms with Gasteiger partial charge in [0.1, 0.15) is 0 Å². The van der Waals surface area contributed by atoms with Crippen LogP contribution < -0.4 is 5.73 Å². The maximum Gasteiger partial charge on any atom is 0.0395 e. The third-order valence-corrected chi connectivity index (χ3v) is 4.48. The van der Waals surface area contributed by atoms with Crippen LogP contribution in [0.5, 0.6) is 0 Å². The van der Waals surface area contributed by atoms with Crippen molar-refractivity contribution in [1.82, 2.24) is 0 Å². The molecule has 0 radical (unpaired) electrons. The SMILES string of the molecule is Cc1ccsc1C(N)CC(C)C(C)(C)C. The molecule has 1 nitrogen and oxygen atoms in total. The van der Waals surface area contributed by atoms with Gasteiger partial charge in [-0.15, -0.1) is 11.3 Å². The first kappa shape index (κ1) is 12.7. The standard InChI is InChI=1S/C13H23NS/c1-9-6-7-15-12(9)11(14)8-10(2)13(3,4)5/h6-7,10-11H,8,14H2,1-5H3. The van der Waals surface area contributed by atoms with E-state index in [0.29, 0.717) is 11.3 Å². The summed E-state index contributed by atoms with van der Waals surface area (Å²) in [6, 6.07) is 2.36. The minimum atomic E-state index is 0.208. The molecular formula is C13H23NS. The van der Waals surface area contributed by atoms with E-state index in [4.69, 9.17) is 5.73 Å². The summed E-state index contributed by atoms with van der Waals surface area (Å²) in [6.45, 7) is 11.3. The molecule has 0 saturated heterocycles. The largest absolute Gasteiger partial charge is 0.323 e. The number of aryl methyl sites for hydroxylation is 1. The first-order chi connectivity index (χ1) is 6.82. The monoisotopic (exact) mass is 225 g/mol. The summed E-state index contributed by atoms with van der Waals surface area (Å²) >= 11 is 1.79. The van der Waals surface area contributed by atoms with Gasteiger partial charge in [-0.1, -0.05) is 27.7 Å². The minimum absolute atomic E-state index is 0.208. The predicted molar refractivity (Wildman–Crippen MR) is 69.2 cm³/mol. The number of rotatable bonds is 3. The zero-order valence-electron chi connectivity index (χ0n) is 10.5. The van der Waals surface area contributed by atoms with Gasteiger partial charge in [0.2, 0.25) is 0 Å². The summed E-state index contributed by atoms with van der Waals surface area (Å²) in [5, 5.41) is 2.13. The third kappa shape index (κ3) is 3.32. The minimum Gasteiger partial charge on any atom is -0.323 e. The number of thiophene rings is 1. The van der Waals surface area contributed by atoms with Crippen LogP contribution in [-0.2, 0) is 0 Å². The normalized spacial score (nSPS) is 16.4. The molecule has 1 heterocycles. The highest BCUT2D eigenvalue weighted by atomic mass is 32.1. The van der Waals surface area contributed by atoms with Gasteiger partial charge in [-0.3, -0.25) is 0 Å². The van der Waals surface area contributed by atoms with E-state index in [1.807, 2.05) is 0 Å². The predicted octanol–water partition coefficient (Wildman–Crippen LogP) is 4.13. The molecule has 86 valence electrons. The second kappa shape index (κ2) is 4.67. The summed E-state index contributed by atoms with van der Waals surface area (Å²) in [5.41, 5.74) is 7.94. The van der Waals surface area contributed by atoms with Crippen LogP contribution in [0.1, 0.15) is 50.6 Å². The van der Waals surface area contributed by atoms with Gasteiger partial charge in [-0.2, -0.15) is 0 Å². The van der Waals surface area contributed by atoms with E-state index in [2.05, 4.69) is 46.1 Å². The average Bonchev–Trinajstić information content (AvgIpc) is 2.49. The number of hydrogen-bond donors (Lipinski definition) is 1. The quantitative estimate of drug-likeness (QED) is 0.822. The van der Waals surface area contributed by atoms with Crippen molar-refractivity contribution >= 4 is 11.3 Å². The smallest absolute Gasteiger partial charge is 0.0395 e. The molecule has 0 aromatic carbocycles.